The Morgan fingerprint density at radius 1 is 1.09 bits per heavy atom. The summed E-state index contributed by atoms with van der Waals surface area (Å²) in [6.45, 7) is 12.6. The van der Waals surface area contributed by atoms with Gasteiger partial charge in [0.15, 0.2) is 0 Å². The van der Waals surface area contributed by atoms with E-state index in [0.717, 1.165) is 32.7 Å². The molecule has 0 saturated heterocycles. The Labute approximate surface area is 156 Å². The van der Waals surface area contributed by atoms with Gasteiger partial charge in [0.05, 0.1) is 11.6 Å². The number of methoxy groups -OCH3 is 1. The van der Waals surface area contributed by atoms with Crippen LogP contribution in [-0.2, 0) is 0 Å². The highest BCUT2D eigenvalue weighted by Crippen LogP contribution is 2.35. The fourth-order valence-corrected chi connectivity index (χ4v) is 3.44. The topological polar surface area (TPSA) is 33.3 Å². The maximum atomic E-state index is 5.29. The number of ether oxygens (including phenoxy) is 1. The molecule has 1 rings (SSSR count). The van der Waals surface area contributed by atoms with Gasteiger partial charge in [-0.3, -0.25) is 4.72 Å². The van der Waals surface area contributed by atoms with E-state index in [-0.39, 0.29) is 5.54 Å². The minimum absolute atomic E-state index is 0.160. The molecule has 0 atom stereocenters. The Kier molecular flexibility index (Phi) is 11.9. The lowest BCUT2D eigenvalue weighted by Gasteiger charge is -2.20. The summed E-state index contributed by atoms with van der Waals surface area (Å²) in [5.41, 5.74) is 0.160. The van der Waals surface area contributed by atoms with E-state index >= 15 is 0 Å². The van der Waals surface area contributed by atoms with E-state index in [9.17, 15) is 0 Å². The van der Waals surface area contributed by atoms with Crippen molar-refractivity contribution in [2.75, 3.05) is 20.2 Å². The molecule has 6 heteroatoms. The molecule has 0 aromatic heterocycles. The largest absolute Gasteiger partial charge is 0.496 e. The summed E-state index contributed by atoms with van der Waals surface area (Å²) >= 11 is 8.61. The Bertz CT molecular complexity index is 437. The molecular formula is C16H28Br2N2OS. The molecule has 2 N–H and O–H groups in total. The van der Waals surface area contributed by atoms with Crippen molar-refractivity contribution in [2.24, 2.45) is 0 Å². The summed E-state index contributed by atoms with van der Waals surface area (Å²) in [5, 5.41) is 3.43. The Hall–Kier alpha value is 0.250. The molecule has 0 unspecified atom stereocenters. The van der Waals surface area contributed by atoms with Crippen molar-refractivity contribution in [3.8, 4) is 5.75 Å². The summed E-state index contributed by atoms with van der Waals surface area (Å²) in [6.07, 6.45) is 1.25. The molecule has 1 aromatic rings. The first-order chi connectivity index (χ1) is 10.2. The van der Waals surface area contributed by atoms with Gasteiger partial charge in [0, 0.05) is 28.0 Å². The molecule has 0 fully saturated rings. The van der Waals surface area contributed by atoms with Gasteiger partial charge in [-0.1, -0.05) is 20.3 Å². The maximum Gasteiger partial charge on any atom is 0.134 e. The second kappa shape index (κ2) is 11.7. The van der Waals surface area contributed by atoms with E-state index in [2.05, 4.69) is 76.5 Å². The SMILES string of the molecule is CCC.COc1cc(SNCCNC(C)(C)C)c(Br)cc1Br. The molecule has 22 heavy (non-hydrogen) atoms. The van der Waals surface area contributed by atoms with Crippen molar-refractivity contribution >= 4 is 43.8 Å². The molecule has 0 aliphatic carbocycles. The molecule has 1 aromatic carbocycles. The monoisotopic (exact) mass is 454 g/mol. The van der Waals surface area contributed by atoms with E-state index in [4.69, 9.17) is 4.74 Å². The fraction of sp³-hybridized carbons (Fsp3) is 0.625. The van der Waals surface area contributed by atoms with Crippen LogP contribution in [0.3, 0.4) is 0 Å². The van der Waals surface area contributed by atoms with Crippen LogP contribution in [0, 0.1) is 0 Å². The number of rotatable bonds is 6. The fourth-order valence-electron chi connectivity index (χ4n) is 1.36. The molecule has 0 spiro atoms. The molecular weight excluding hydrogens is 428 g/mol. The zero-order valence-electron chi connectivity index (χ0n) is 14.3. The maximum absolute atomic E-state index is 5.29. The quantitative estimate of drug-likeness (QED) is 0.430. The number of nitrogens with one attached hydrogen (secondary N) is 2. The molecule has 0 heterocycles. The zero-order chi connectivity index (χ0) is 17.2. The average Bonchev–Trinajstić information content (AvgIpc) is 2.40. The highest BCUT2D eigenvalue weighted by Gasteiger charge is 2.09. The molecule has 0 aliphatic heterocycles. The molecule has 128 valence electrons. The van der Waals surface area contributed by atoms with Crippen LogP contribution < -0.4 is 14.8 Å². The molecule has 0 bridgehead atoms. The van der Waals surface area contributed by atoms with E-state index < -0.39 is 0 Å². The van der Waals surface area contributed by atoms with Gasteiger partial charge in [-0.25, -0.2) is 0 Å². The zero-order valence-corrected chi connectivity index (χ0v) is 18.3. The van der Waals surface area contributed by atoms with Gasteiger partial charge >= 0.3 is 0 Å². The minimum Gasteiger partial charge on any atom is -0.496 e. The van der Waals surface area contributed by atoms with Crippen LogP contribution in [0.25, 0.3) is 0 Å². The van der Waals surface area contributed by atoms with E-state index in [1.54, 1.807) is 19.1 Å². The Morgan fingerprint density at radius 3 is 2.18 bits per heavy atom. The van der Waals surface area contributed by atoms with Gasteiger partial charge in [0.1, 0.15) is 5.75 Å². The predicted octanol–water partition coefficient (Wildman–Crippen LogP) is 5.62. The highest BCUT2D eigenvalue weighted by atomic mass is 79.9. The molecule has 0 saturated carbocycles. The van der Waals surface area contributed by atoms with Crippen LogP contribution in [0.4, 0.5) is 0 Å². The van der Waals surface area contributed by atoms with Crippen molar-refractivity contribution in [3.63, 3.8) is 0 Å². The smallest absolute Gasteiger partial charge is 0.134 e. The minimum atomic E-state index is 0.160. The summed E-state index contributed by atoms with van der Waals surface area (Å²) in [4.78, 5) is 1.11. The lowest BCUT2D eigenvalue weighted by Crippen LogP contribution is -2.39. The lowest BCUT2D eigenvalue weighted by molar-refractivity contribution is 0.411. The first-order valence-corrected chi connectivity index (χ1v) is 9.83. The summed E-state index contributed by atoms with van der Waals surface area (Å²) in [7, 11) is 1.67. The number of hydrogen-bond donors (Lipinski definition) is 2. The number of benzene rings is 1. The van der Waals surface area contributed by atoms with Crippen molar-refractivity contribution in [1.82, 2.24) is 10.0 Å². The van der Waals surface area contributed by atoms with E-state index in [0.29, 0.717) is 0 Å². The van der Waals surface area contributed by atoms with Gasteiger partial charge in [-0.05, 0) is 76.7 Å². The number of hydrogen-bond acceptors (Lipinski definition) is 4. The lowest BCUT2D eigenvalue weighted by atomic mass is 10.1. The van der Waals surface area contributed by atoms with Crippen molar-refractivity contribution in [3.05, 3.63) is 21.1 Å². The molecule has 0 aliphatic rings. The summed E-state index contributed by atoms with van der Waals surface area (Å²) < 4.78 is 10.6. The van der Waals surface area contributed by atoms with Crippen molar-refractivity contribution in [2.45, 2.75) is 51.5 Å². The summed E-state index contributed by atoms with van der Waals surface area (Å²) in [5.74, 6) is 0.834. The van der Waals surface area contributed by atoms with E-state index in [1.165, 1.54) is 6.42 Å². The molecule has 3 nitrogen and oxygen atoms in total. The first-order valence-electron chi connectivity index (χ1n) is 7.42. The normalized spacial score (nSPS) is 10.9. The van der Waals surface area contributed by atoms with Crippen molar-refractivity contribution < 1.29 is 4.74 Å². The average molecular weight is 456 g/mol. The van der Waals surface area contributed by atoms with Crippen LogP contribution in [0.2, 0.25) is 0 Å². The standard InChI is InChI=1S/C13H20Br2N2OS.C3H8/c1-13(2,3)16-5-6-17-19-12-8-11(18-4)9(14)7-10(12)15;1-3-2/h7-8,16-17H,5-6H2,1-4H3;3H2,1-2H3. The van der Waals surface area contributed by atoms with Crippen LogP contribution in [0.1, 0.15) is 41.0 Å². The Morgan fingerprint density at radius 2 is 1.68 bits per heavy atom. The highest BCUT2D eigenvalue weighted by molar-refractivity contribution is 9.11. The van der Waals surface area contributed by atoms with Crippen LogP contribution in [0.15, 0.2) is 26.0 Å². The molecule has 0 radical (unpaired) electrons. The van der Waals surface area contributed by atoms with Gasteiger partial charge in [0.2, 0.25) is 0 Å². The van der Waals surface area contributed by atoms with Crippen LogP contribution >= 0.6 is 43.8 Å². The van der Waals surface area contributed by atoms with Gasteiger partial charge in [0.25, 0.3) is 0 Å². The van der Waals surface area contributed by atoms with Gasteiger partial charge in [-0.2, -0.15) is 0 Å². The second-order valence-electron chi connectivity index (χ2n) is 5.80. The predicted molar refractivity (Wildman–Crippen MR) is 106 cm³/mol. The second-order valence-corrected chi connectivity index (χ2v) is 8.44. The van der Waals surface area contributed by atoms with Crippen molar-refractivity contribution in [1.29, 1.82) is 0 Å². The van der Waals surface area contributed by atoms with Gasteiger partial charge in [-0.15, -0.1) is 0 Å². The third kappa shape index (κ3) is 10.1. The molecule has 0 amide bonds. The Balaban J connectivity index is 0.00000135. The number of halogens is 2. The third-order valence-electron chi connectivity index (χ3n) is 2.27. The van der Waals surface area contributed by atoms with E-state index in [1.807, 2.05) is 12.1 Å². The third-order valence-corrected chi connectivity index (χ3v) is 4.72. The van der Waals surface area contributed by atoms with Gasteiger partial charge < -0.3 is 10.1 Å². The summed E-state index contributed by atoms with van der Waals surface area (Å²) in [6, 6.07) is 4.00. The first kappa shape index (κ1) is 22.2. The van der Waals surface area contributed by atoms with Crippen LogP contribution in [0.5, 0.6) is 5.75 Å². The van der Waals surface area contributed by atoms with Crippen LogP contribution in [-0.4, -0.2) is 25.7 Å².